The van der Waals surface area contributed by atoms with Gasteiger partial charge in [0.25, 0.3) is 0 Å². The Morgan fingerprint density at radius 1 is 1.29 bits per heavy atom. The standard InChI is InChI=1S/C12H19NS/c1-10(2)14-9-8-13-12-7-5-4-6-11(12)3/h4-7,10,13H,8-9H2,1-3H3. The van der Waals surface area contributed by atoms with Gasteiger partial charge < -0.3 is 5.32 Å². The third-order valence-corrected chi connectivity index (χ3v) is 3.12. The average molecular weight is 209 g/mol. The first-order valence-corrected chi connectivity index (χ1v) is 6.16. The molecule has 0 unspecified atom stereocenters. The lowest BCUT2D eigenvalue weighted by Crippen LogP contribution is -2.06. The molecule has 0 aromatic heterocycles. The van der Waals surface area contributed by atoms with Gasteiger partial charge in [0.1, 0.15) is 0 Å². The van der Waals surface area contributed by atoms with Crippen LogP contribution >= 0.6 is 11.8 Å². The maximum Gasteiger partial charge on any atom is 0.0370 e. The van der Waals surface area contributed by atoms with E-state index in [9.17, 15) is 0 Å². The van der Waals surface area contributed by atoms with Crippen LogP contribution < -0.4 is 5.32 Å². The van der Waals surface area contributed by atoms with Crippen molar-refractivity contribution in [1.29, 1.82) is 0 Å². The maximum absolute atomic E-state index is 3.45. The molecule has 0 atom stereocenters. The summed E-state index contributed by atoms with van der Waals surface area (Å²) in [6, 6.07) is 8.42. The van der Waals surface area contributed by atoms with E-state index < -0.39 is 0 Å². The molecule has 78 valence electrons. The summed E-state index contributed by atoms with van der Waals surface area (Å²) in [5, 5.41) is 4.18. The molecule has 1 rings (SSSR count). The molecule has 0 fully saturated rings. The van der Waals surface area contributed by atoms with Crippen LogP contribution in [0.4, 0.5) is 5.69 Å². The predicted molar refractivity (Wildman–Crippen MR) is 67.3 cm³/mol. The van der Waals surface area contributed by atoms with Crippen molar-refractivity contribution in [2.75, 3.05) is 17.6 Å². The molecule has 0 heterocycles. The highest BCUT2D eigenvalue weighted by Crippen LogP contribution is 2.14. The zero-order valence-electron chi connectivity index (χ0n) is 9.21. The Hall–Kier alpha value is -0.630. The van der Waals surface area contributed by atoms with Crippen LogP contribution in [0.5, 0.6) is 0 Å². The fraction of sp³-hybridized carbons (Fsp3) is 0.500. The molecule has 0 aliphatic heterocycles. The minimum absolute atomic E-state index is 0.730. The van der Waals surface area contributed by atoms with Crippen LogP contribution in [0.2, 0.25) is 0 Å². The molecule has 0 bridgehead atoms. The van der Waals surface area contributed by atoms with Crippen LogP contribution in [0.3, 0.4) is 0 Å². The molecule has 0 spiro atoms. The molecule has 0 saturated carbocycles. The lowest BCUT2D eigenvalue weighted by atomic mass is 10.2. The van der Waals surface area contributed by atoms with E-state index in [1.807, 2.05) is 11.8 Å². The Morgan fingerprint density at radius 3 is 2.64 bits per heavy atom. The SMILES string of the molecule is Cc1ccccc1NCCSC(C)C. The smallest absolute Gasteiger partial charge is 0.0370 e. The minimum atomic E-state index is 0.730. The first-order chi connectivity index (χ1) is 6.70. The summed E-state index contributed by atoms with van der Waals surface area (Å²) in [7, 11) is 0. The number of thioether (sulfide) groups is 1. The Balaban J connectivity index is 2.28. The summed E-state index contributed by atoms with van der Waals surface area (Å²) in [6.45, 7) is 7.66. The van der Waals surface area contributed by atoms with E-state index in [1.54, 1.807) is 0 Å². The highest BCUT2D eigenvalue weighted by atomic mass is 32.2. The molecular formula is C12H19NS. The van der Waals surface area contributed by atoms with Crippen LogP contribution in [0, 0.1) is 6.92 Å². The second-order valence-electron chi connectivity index (χ2n) is 3.66. The molecule has 0 aliphatic carbocycles. The van der Waals surface area contributed by atoms with E-state index in [0.29, 0.717) is 0 Å². The molecule has 0 amide bonds. The van der Waals surface area contributed by atoms with Gasteiger partial charge in [0.2, 0.25) is 0 Å². The van der Waals surface area contributed by atoms with Crippen molar-refractivity contribution in [2.45, 2.75) is 26.0 Å². The molecule has 0 radical (unpaired) electrons. The van der Waals surface area contributed by atoms with Gasteiger partial charge in [0.15, 0.2) is 0 Å². The molecule has 1 N–H and O–H groups in total. The number of rotatable bonds is 5. The molecule has 0 aliphatic rings. The third kappa shape index (κ3) is 4.05. The zero-order valence-corrected chi connectivity index (χ0v) is 10.0. The predicted octanol–water partition coefficient (Wildman–Crippen LogP) is 3.55. The largest absolute Gasteiger partial charge is 0.384 e. The van der Waals surface area contributed by atoms with E-state index in [1.165, 1.54) is 17.0 Å². The first kappa shape index (κ1) is 11.4. The number of nitrogens with one attached hydrogen (secondary N) is 1. The summed E-state index contributed by atoms with van der Waals surface area (Å²) in [5.41, 5.74) is 2.58. The van der Waals surface area contributed by atoms with Crippen molar-refractivity contribution in [1.82, 2.24) is 0 Å². The van der Waals surface area contributed by atoms with Crippen molar-refractivity contribution >= 4 is 17.4 Å². The van der Waals surface area contributed by atoms with Gasteiger partial charge in [-0.1, -0.05) is 32.0 Å². The van der Waals surface area contributed by atoms with Gasteiger partial charge in [0, 0.05) is 18.0 Å². The first-order valence-electron chi connectivity index (χ1n) is 5.11. The van der Waals surface area contributed by atoms with Crippen molar-refractivity contribution in [3.63, 3.8) is 0 Å². The summed E-state index contributed by atoms with van der Waals surface area (Å²) in [6.07, 6.45) is 0. The van der Waals surface area contributed by atoms with E-state index in [0.717, 1.165) is 11.8 Å². The molecule has 1 nitrogen and oxygen atoms in total. The molecule has 1 aromatic rings. The second kappa shape index (κ2) is 5.97. The van der Waals surface area contributed by atoms with Gasteiger partial charge in [0.05, 0.1) is 0 Å². The highest BCUT2D eigenvalue weighted by molar-refractivity contribution is 7.99. The second-order valence-corrected chi connectivity index (χ2v) is 5.35. The molecule has 14 heavy (non-hydrogen) atoms. The van der Waals surface area contributed by atoms with Gasteiger partial charge in [-0.3, -0.25) is 0 Å². The van der Waals surface area contributed by atoms with Crippen molar-refractivity contribution in [2.24, 2.45) is 0 Å². The maximum atomic E-state index is 3.45. The third-order valence-electron chi connectivity index (χ3n) is 2.01. The van der Waals surface area contributed by atoms with E-state index in [-0.39, 0.29) is 0 Å². The number of hydrogen-bond donors (Lipinski definition) is 1. The van der Waals surface area contributed by atoms with Crippen LogP contribution in [-0.2, 0) is 0 Å². The Kier molecular flexibility index (Phi) is 4.88. The van der Waals surface area contributed by atoms with Gasteiger partial charge in [-0.05, 0) is 23.8 Å². The topological polar surface area (TPSA) is 12.0 Å². The normalized spacial score (nSPS) is 10.6. The lowest BCUT2D eigenvalue weighted by Gasteiger charge is -2.09. The van der Waals surface area contributed by atoms with Gasteiger partial charge in [-0.25, -0.2) is 0 Å². The van der Waals surface area contributed by atoms with Crippen molar-refractivity contribution in [3.8, 4) is 0 Å². The quantitative estimate of drug-likeness (QED) is 0.744. The Labute approximate surface area is 91.3 Å². The fourth-order valence-electron chi connectivity index (χ4n) is 1.25. The van der Waals surface area contributed by atoms with Crippen LogP contribution in [0.25, 0.3) is 0 Å². The van der Waals surface area contributed by atoms with Crippen LogP contribution in [-0.4, -0.2) is 17.5 Å². The number of para-hydroxylation sites is 1. The fourth-order valence-corrected chi connectivity index (χ4v) is 1.94. The van der Waals surface area contributed by atoms with Gasteiger partial charge >= 0.3 is 0 Å². The molecule has 1 aromatic carbocycles. The van der Waals surface area contributed by atoms with Crippen LogP contribution in [0.15, 0.2) is 24.3 Å². The number of hydrogen-bond acceptors (Lipinski definition) is 2. The number of benzene rings is 1. The summed E-state index contributed by atoms with van der Waals surface area (Å²) in [5.74, 6) is 1.17. The number of aryl methyl sites for hydroxylation is 1. The number of anilines is 1. The summed E-state index contributed by atoms with van der Waals surface area (Å²) in [4.78, 5) is 0. The van der Waals surface area contributed by atoms with E-state index in [2.05, 4.69) is 50.4 Å². The molecular weight excluding hydrogens is 190 g/mol. The Morgan fingerprint density at radius 2 is 2.00 bits per heavy atom. The summed E-state index contributed by atoms with van der Waals surface area (Å²) < 4.78 is 0. The van der Waals surface area contributed by atoms with Gasteiger partial charge in [-0.2, -0.15) is 11.8 Å². The van der Waals surface area contributed by atoms with Gasteiger partial charge in [-0.15, -0.1) is 0 Å². The molecule has 2 heteroatoms. The average Bonchev–Trinajstić information content (AvgIpc) is 2.15. The monoisotopic (exact) mass is 209 g/mol. The zero-order chi connectivity index (χ0) is 10.4. The lowest BCUT2D eigenvalue weighted by molar-refractivity contribution is 1.10. The molecule has 0 saturated heterocycles. The Bertz CT molecular complexity index is 271. The minimum Gasteiger partial charge on any atom is -0.384 e. The van der Waals surface area contributed by atoms with Crippen molar-refractivity contribution < 1.29 is 0 Å². The summed E-state index contributed by atoms with van der Waals surface area (Å²) >= 11 is 1.99. The van der Waals surface area contributed by atoms with E-state index in [4.69, 9.17) is 0 Å². The van der Waals surface area contributed by atoms with Crippen molar-refractivity contribution in [3.05, 3.63) is 29.8 Å². The van der Waals surface area contributed by atoms with Crippen LogP contribution in [0.1, 0.15) is 19.4 Å². The highest BCUT2D eigenvalue weighted by Gasteiger charge is 1.96. The van der Waals surface area contributed by atoms with E-state index >= 15 is 0 Å².